The van der Waals surface area contributed by atoms with Crippen molar-refractivity contribution < 1.29 is 0 Å². The zero-order valence-electron chi connectivity index (χ0n) is 11.1. The number of halogens is 2. The first-order valence-corrected chi connectivity index (χ1v) is 8.40. The summed E-state index contributed by atoms with van der Waals surface area (Å²) >= 11 is 7.40. The topological polar surface area (TPSA) is 0 Å². The van der Waals surface area contributed by atoms with Crippen LogP contribution in [0.5, 0.6) is 0 Å². The molecule has 0 heterocycles. The highest BCUT2D eigenvalue weighted by molar-refractivity contribution is 9.11. The van der Waals surface area contributed by atoms with Gasteiger partial charge in [-0.15, -0.1) is 0 Å². The molecule has 19 heavy (non-hydrogen) atoms. The zero-order chi connectivity index (χ0) is 13.7. The summed E-state index contributed by atoms with van der Waals surface area (Å²) in [5.41, 5.74) is 3.99. The molecule has 2 heteroatoms. The van der Waals surface area contributed by atoms with Gasteiger partial charge in [-0.25, -0.2) is 0 Å². The second-order valence-electron chi connectivity index (χ2n) is 4.73. The Morgan fingerprint density at radius 3 is 2.32 bits per heavy atom. The Balaban J connectivity index is 2.16. The number of hydrogen-bond acceptors (Lipinski definition) is 0. The molecule has 0 saturated heterocycles. The number of alkyl halides is 1. The smallest absolute Gasteiger partial charge is 0.0655 e. The number of aryl methyl sites for hydroxylation is 1. The summed E-state index contributed by atoms with van der Waals surface area (Å²) in [6, 6.07) is 17.3. The van der Waals surface area contributed by atoms with Crippen molar-refractivity contribution in [2.75, 3.05) is 0 Å². The van der Waals surface area contributed by atoms with Crippen LogP contribution in [-0.4, -0.2) is 0 Å². The third kappa shape index (κ3) is 3.93. The fourth-order valence-electron chi connectivity index (χ4n) is 2.09. The molecular formula is C17H18Br2. The molecule has 0 aromatic heterocycles. The van der Waals surface area contributed by atoms with Crippen LogP contribution < -0.4 is 0 Å². The molecule has 0 saturated carbocycles. The normalized spacial score (nSPS) is 12.4. The van der Waals surface area contributed by atoms with Crippen molar-refractivity contribution in [3.63, 3.8) is 0 Å². The van der Waals surface area contributed by atoms with Gasteiger partial charge in [0.25, 0.3) is 0 Å². The van der Waals surface area contributed by atoms with Crippen molar-refractivity contribution in [1.82, 2.24) is 0 Å². The van der Waals surface area contributed by atoms with Crippen LogP contribution in [0.4, 0.5) is 0 Å². The van der Waals surface area contributed by atoms with E-state index in [1.165, 1.54) is 36.0 Å². The van der Waals surface area contributed by atoms with Crippen molar-refractivity contribution in [2.24, 2.45) is 0 Å². The molecule has 0 nitrogen and oxygen atoms in total. The lowest BCUT2D eigenvalue weighted by atomic mass is 10.0. The molecule has 0 aliphatic carbocycles. The molecule has 2 aromatic rings. The molecular weight excluding hydrogens is 364 g/mol. The van der Waals surface area contributed by atoms with E-state index in [-0.39, 0.29) is 4.83 Å². The fraction of sp³-hybridized carbons (Fsp3) is 0.294. The predicted molar refractivity (Wildman–Crippen MR) is 90.0 cm³/mol. The lowest BCUT2D eigenvalue weighted by molar-refractivity contribution is 0.795. The van der Waals surface area contributed by atoms with Gasteiger partial charge in [0.05, 0.1) is 4.83 Å². The molecule has 0 aliphatic rings. The van der Waals surface area contributed by atoms with Crippen LogP contribution in [0, 0.1) is 0 Å². The molecule has 0 aliphatic heterocycles. The maximum atomic E-state index is 3.79. The van der Waals surface area contributed by atoms with Gasteiger partial charge in [0.2, 0.25) is 0 Å². The third-order valence-corrected chi connectivity index (χ3v) is 5.01. The summed E-state index contributed by atoms with van der Waals surface area (Å²) in [7, 11) is 0. The first-order chi connectivity index (χ1) is 9.22. The Labute approximate surface area is 132 Å². The maximum absolute atomic E-state index is 3.79. The van der Waals surface area contributed by atoms with Crippen molar-refractivity contribution >= 4 is 31.9 Å². The lowest BCUT2D eigenvalue weighted by Crippen LogP contribution is -1.94. The van der Waals surface area contributed by atoms with Crippen LogP contribution in [0.15, 0.2) is 53.0 Å². The van der Waals surface area contributed by atoms with Gasteiger partial charge >= 0.3 is 0 Å². The van der Waals surface area contributed by atoms with Crippen LogP contribution in [0.3, 0.4) is 0 Å². The Morgan fingerprint density at radius 2 is 1.68 bits per heavy atom. The van der Waals surface area contributed by atoms with Crippen LogP contribution in [-0.2, 0) is 6.42 Å². The van der Waals surface area contributed by atoms with E-state index < -0.39 is 0 Å². The van der Waals surface area contributed by atoms with E-state index in [1.54, 1.807) is 0 Å². The highest BCUT2D eigenvalue weighted by Gasteiger charge is 2.12. The largest absolute Gasteiger partial charge is 0.0786 e. The molecule has 1 unspecified atom stereocenters. The van der Waals surface area contributed by atoms with E-state index in [1.807, 2.05) is 6.07 Å². The Kier molecular flexibility index (Phi) is 5.65. The second-order valence-corrected chi connectivity index (χ2v) is 6.50. The quantitative estimate of drug-likeness (QED) is 0.535. The summed E-state index contributed by atoms with van der Waals surface area (Å²) in [4.78, 5) is 0.239. The molecule has 0 bridgehead atoms. The summed E-state index contributed by atoms with van der Waals surface area (Å²) < 4.78 is 1.15. The number of rotatable bonds is 5. The maximum Gasteiger partial charge on any atom is 0.0655 e. The van der Waals surface area contributed by atoms with Gasteiger partial charge in [-0.05, 0) is 35.6 Å². The zero-order valence-corrected chi connectivity index (χ0v) is 14.2. The Bertz CT molecular complexity index is 517. The first-order valence-electron chi connectivity index (χ1n) is 6.69. The number of hydrogen-bond donors (Lipinski definition) is 0. The van der Waals surface area contributed by atoms with Crippen LogP contribution in [0.1, 0.15) is 41.3 Å². The summed E-state index contributed by atoms with van der Waals surface area (Å²) in [6.07, 6.45) is 3.69. The van der Waals surface area contributed by atoms with Gasteiger partial charge in [-0.3, -0.25) is 0 Å². The minimum atomic E-state index is 0.239. The van der Waals surface area contributed by atoms with Gasteiger partial charge in [-0.1, -0.05) is 87.7 Å². The molecule has 0 N–H and O–H groups in total. The highest BCUT2D eigenvalue weighted by atomic mass is 79.9. The van der Waals surface area contributed by atoms with Crippen molar-refractivity contribution in [1.29, 1.82) is 0 Å². The first kappa shape index (κ1) is 14.8. The van der Waals surface area contributed by atoms with Gasteiger partial charge in [0, 0.05) is 4.47 Å². The molecule has 0 radical (unpaired) electrons. The van der Waals surface area contributed by atoms with Gasteiger partial charge in [0.15, 0.2) is 0 Å². The minimum Gasteiger partial charge on any atom is -0.0786 e. The van der Waals surface area contributed by atoms with Crippen LogP contribution in [0.2, 0.25) is 0 Å². The molecule has 1 atom stereocenters. The standard InChI is InChI=1S/C17H18Br2/c1-2-3-6-13-9-11-14(12-10-13)17(19)15-7-4-5-8-16(15)18/h4-5,7-12,17H,2-3,6H2,1H3. The van der Waals surface area contributed by atoms with E-state index in [2.05, 4.69) is 81.2 Å². The average molecular weight is 382 g/mol. The van der Waals surface area contributed by atoms with E-state index in [4.69, 9.17) is 0 Å². The van der Waals surface area contributed by atoms with Crippen LogP contribution in [0.25, 0.3) is 0 Å². The number of unbranched alkanes of at least 4 members (excludes halogenated alkanes) is 1. The Morgan fingerprint density at radius 1 is 1.00 bits per heavy atom. The second kappa shape index (κ2) is 7.25. The van der Waals surface area contributed by atoms with Crippen molar-refractivity contribution in [3.8, 4) is 0 Å². The summed E-state index contributed by atoms with van der Waals surface area (Å²) in [5, 5.41) is 0. The third-order valence-electron chi connectivity index (χ3n) is 3.27. The van der Waals surface area contributed by atoms with Crippen molar-refractivity contribution in [2.45, 2.75) is 31.0 Å². The van der Waals surface area contributed by atoms with E-state index in [0.717, 1.165) is 4.47 Å². The Hall–Kier alpha value is -0.600. The fourth-order valence-corrected chi connectivity index (χ4v) is 3.62. The molecule has 0 amide bonds. The molecule has 2 rings (SSSR count). The van der Waals surface area contributed by atoms with Gasteiger partial charge in [-0.2, -0.15) is 0 Å². The summed E-state index contributed by atoms with van der Waals surface area (Å²) in [6.45, 7) is 2.23. The van der Waals surface area contributed by atoms with Crippen molar-refractivity contribution in [3.05, 3.63) is 69.7 Å². The lowest BCUT2D eigenvalue weighted by Gasteiger charge is -2.13. The highest BCUT2D eigenvalue weighted by Crippen LogP contribution is 2.35. The molecule has 2 aromatic carbocycles. The average Bonchev–Trinajstić information content (AvgIpc) is 2.45. The minimum absolute atomic E-state index is 0.239. The molecule has 0 fully saturated rings. The predicted octanol–water partition coefficient (Wildman–Crippen LogP) is 6.28. The van der Waals surface area contributed by atoms with Gasteiger partial charge in [0.1, 0.15) is 0 Å². The monoisotopic (exact) mass is 380 g/mol. The summed E-state index contributed by atoms with van der Waals surface area (Å²) in [5.74, 6) is 0. The van der Waals surface area contributed by atoms with Crippen LogP contribution >= 0.6 is 31.9 Å². The van der Waals surface area contributed by atoms with E-state index in [9.17, 15) is 0 Å². The van der Waals surface area contributed by atoms with Gasteiger partial charge < -0.3 is 0 Å². The molecule has 0 spiro atoms. The number of benzene rings is 2. The van der Waals surface area contributed by atoms with E-state index >= 15 is 0 Å². The molecule has 100 valence electrons. The van der Waals surface area contributed by atoms with E-state index in [0.29, 0.717) is 0 Å². The SMILES string of the molecule is CCCCc1ccc(C(Br)c2ccccc2Br)cc1.